The van der Waals surface area contributed by atoms with Crippen molar-refractivity contribution in [2.45, 2.75) is 33.6 Å². The lowest BCUT2D eigenvalue weighted by Gasteiger charge is -2.12. The number of aromatic nitrogens is 3. The van der Waals surface area contributed by atoms with Gasteiger partial charge >= 0.3 is 0 Å². The Morgan fingerprint density at radius 2 is 1.95 bits per heavy atom. The molecule has 0 unspecified atom stereocenters. The van der Waals surface area contributed by atoms with Crippen molar-refractivity contribution in [1.29, 1.82) is 0 Å². The van der Waals surface area contributed by atoms with Crippen LogP contribution in [-0.4, -0.2) is 21.5 Å². The molecule has 0 aliphatic carbocycles. The van der Waals surface area contributed by atoms with Crippen LogP contribution in [0.3, 0.4) is 0 Å². The number of thiazole rings is 1. The molecule has 0 spiro atoms. The van der Waals surface area contributed by atoms with Gasteiger partial charge in [-0.25, -0.2) is 20.8 Å². The molecule has 0 aromatic carbocycles. The Bertz CT molecular complexity index is 580. The molecule has 2 aromatic rings. The van der Waals surface area contributed by atoms with Crippen molar-refractivity contribution in [3.05, 3.63) is 27.5 Å². The van der Waals surface area contributed by atoms with Gasteiger partial charge in [-0.3, -0.25) is 0 Å². The van der Waals surface area contributed by atoms with Crippen LogP contribution in [0, 0.1) is 13.8 Å². The quantitative estimate of drug-likeness (QED) is 0.558. The lowest BCUT2D eigenvalue weighted by Crippen LogP contribution is -2.15. The Kier molecular flexibility index (Phi) is 4.86. The summed E-state index contributed by atoms with van der Waals surface area (Å²) in [6.45, 7) is 6.77. The third-order valence-corrected chi connectivity index (χ3v) is 3.97. The van der Waals surface area contributed by atoms with Crippen molar-refractivity contribution >= 4 is 23.0 Å². The number of anilines is 2. The molecule has 0 amide bonds. The Hall–Kier alpha value is -1.73. The second-order valence-electron chi connectivity index (χ2n) is 4.52. The van der Waals surface area contributed by atoms with E-state index < -0.39 is 0 Å². The van der Waals surface area contributed by atoms with Crippen molar-refractivity contribution in [2.75, 3.05) is 17.3 Å². The van der Waals surface area contributed by atoms with Crippen LogP contribution >= 0.6 is 11.3 Å². The lowest BCUT2D eigenvalue weighted by molar-refractivity contribution is 0.911. The second-order valence-corrected chi connectivity index (χ2v) is 5.46. The second kappa shape index (κ2) is 6.62. The Morgan fingerprint density at radius 3 is 2.55 bits per heavy atom. The van der Waals surface area contributed by atoms with E-state index in [0.717, 1.165) is 47.3 Å². The molecule has 20 heavy (non-hydrogen) atoms. The summed E-state index contributed by atoms with van der Waals surface area (Å²) < 4.78 is 0. The fourth-order valence-corrected chi connectivity index (χ4v) is 2.61. The van der Waals surface area contributed by atoms with E-state index in [-0.39, 0.29) is 0 Å². The summed E-state index contributed by atoms with van der Waals surface area (Å²) in [6, 6.07) is 0. The maximum absolute atomic E-state index is 5.49. The summed E-state index contributed by atoms with van der Waals surface area (Å²) in [5.41, 5.74) is 4.63. The zero-order valence-corrected chi connectivity index (χ0v) is 12.8. The smallest absolute Gasteiger partial charge is 0.148 e. The molecular weight excluding hydrogens is 272 g/mol. The molecule has 2 rings (SSSR count). The summed E-state index contributed by atoms with van der Waals surface area (Å²) in [6.07, 6.45) is 1.66. The predicted octanol–water partition coefficient (Wildman–Crippen LogP) is 2.05. The standard InChI is InChI=1S/C13H20N6S/c1-4-10-17-12(9(3)13(18-10)19-14)15-6-5-11-16-8(2)7-20-11/h7H,4-6,14H2,1-3H3,(H2,15,17,18,19). The topological polar surface area (TPSA) is 88.8 Å². The molecular formula is C13H20N6S. The fourth-order valence-electron chi connectivity index (χ4n) is 1.84. The first-order valence-corrected chi connectivity index (χ1v) is 7.51. The normalized spacial score (nSPS) is 10.6. The maximum atomic E-state index is 5.49. The molecule has 0 fully saturated rings. The number of nitrogens with zero attached hydrogens (tertiary/aromatic N) is 3. The lowest BCUT2D eigenvalue weighted by atomic mass is 10.3. The van der Waals surface area contributed by atoms with E-state index in [9.17, 15) is 0 Å². The van der Waals surface area contributed by atoms with E-state index in [1.807, 2.05) is 20.8 Å². The maximum Gasteiger partial charge on any atom is 0.148 e. The van der Waals surface area contributed by atoms with Gasteiger partial charge in [-0.15, -0.1) is 11.3 Å². The van der Waals surface area contributed by atoms with Crippen LogP contribution in [0.15, 0.2) is 5.38 Å². The van der Waals surface area contributed by atoms with Crippen molar-refractivity contribution in [3.8, 4) is 0 Å². The van der Waals surface area contributed by atoms with Gasteiger partial charge in [0, 0.05) is 36.0 Å². The van der Waals surface area contributed by atoms with E-state index in [4.69, 9.17) is 5.84 Å². The molecule has 2 heterocycles. The number of nitrogens with one attached hydrogen (secondary N) is 2. The SMILES string of the molecule is CCc1nc(NN)c(C)c(NCCc2nc(C)cs2)n1. The predicted molar refractivity (Wildman–Crippen MR) is 83.0 cm³/mol. The molecule has 4 N–H and O–H groups in total. The van der Waals surface area contributed by atoms with Crippen LogP contribution in [0.5, 0.6) is 0 Å². The van der Waals surface area contributed by atoms with Gasteiger partial charge in [0.1, 0.15) is 17.5 Å². The van der Waals surface area contributed by atoms with Gasteiger partial charge in [-0.1, -0.05) is 6.92 Å². The van der Waals surface area contributed by atoms with Crippen LogP contribution in [0.2, 0.25) is 0 Å². The first-order valence-electron chi connectivity index (χ1n) is 6.63. The van der Waals surface area contributed by atoms with Gasteiger partial charge in [0.2, 0.25) is 0 Å². The van der Waals surface area contributed by atoms with Gasteiger partial charge in [0.25, 0.3) is 0 Å². The molecule has 0 saturated heterocycles. The summed E-state index contributed by atoms with van der Waals surface area (Å²) in [5.74, 6) is 7.77. The Balaban J connectivity index is 2.04. The summed E-state index contributed by atoms with van der Waals surface area (Å²) >= 11 is 1.69. The number of hydrogen-bond acceptors (Lipinski definition) is 7. The summed E-state index contributed by atoms with van der Waals surface area (Å²) in [4.78, 5) is 13.3. The molecule has 0 aliphatic heterocycles. The average molecular weight is 292 g/mol. The minimum absolute atomic E-state index is 0.671. The molecule has 2 aromatic heterocycles. The molecule has 0 atom stereocenters. The van der Waals surface area contributed by atoms with Crippen LogP contribution in [0.1, 0.15) is 29.0 Å². The first kappa shape index (κ1) is 14.7. The van der Waals surface area contributed by atoms with Crippen LogP contribution in [0.4, 0.5) is 11.6 Å². The highest BCUT2D eigenvalue weighted by Gasteiger charge is 2.09. The van der Waals surface area contributed by atoms with E-state index in [1.54, 1.807) is 11.3 Å². The highest BCUT2D eigenvalue weighted by atomic mass is 32.1. The highest BCUT2D eigenvalue weighted by molar-refractivity contribution is 7.09. The van der Waals surface area contributed by atoms with Crippen LogP contribution in [-0.2, 0) is 12.8 Å². The van der Waals surface area contributed by atoms with E-state index in [1.165, 1.54) is 0 Å². The number of aryl methyl sites for hydroxylation is 2. The van der Waals surface area contributed by atoms with Gasteiger partial charge in [-0.05, 0) is 13.8 Å². The summed E-state index contributed by atoms with van der Waals surface area (Å²) in [7, 11) is 0. The largest absolute Gasteiger partial charge is 0.369 e. The zero-order chi connectivity index (χ0) is 14.5. The van der Waals surface area contributed by atoms with E-state index in [2.05, 4.69) is 31.1 Å². The third-order valence-electron chi connectivity index (χ3n) is 2.94. The molecule has 0 radical (unpaired) electrons. The Morgan fingerprint density at radius 1 is 1.20 bits per heavy atom. The number of hydrogen-bond donors (Lipinski definition) is 3. The first-order chi connectivity index (χ1) is 9.63. The Labute approximate surface area is 122 Å². The van der Waals surface area contributed by atoms with Crippen LogP contribution < -0.4 is 16.6 Å². The fraction of sp³-hybridized carbons (Fsp3) is 0.462. The number of nitrogen functional groups attached to an aromatic ring is 1. The monoisotopic (exact) mass is 292 g/mol. The molecule has 0 aliphatic rings. The molecule has 108 valence electrons. The third kappa shape index (κ3) is 3.43. The zero-order valence-electron chi connectivity index (χ0n) is 12.0. The van der Waals surface area contributed by atoms with E-state index >= 15 is 0 Å². The van der Waals surface area contributed by atoms with Gasteiger partial charge < -0.3 is 10.7 Å². The number of rotatable bonds is 6. The number of hydrazine groups is 1. The van der Waals surface area contributed by atoms with E-state index in [0.29, 0.717) is 5.82 Å². The van der Waals surface area contributed by atoms with Crippen molar-refractivity contribution in [3.63, 3.8) is 0 Å². The highest BCUT2D eigenvalue weighted by Crippen LogP contribution is 2.19. The molecule has 7 heteroatoms. The minimum atomic E-state index is 0.671. The molecule has 0 saturated carbocycles. The van der Waals surface area contributed by atoms with Crippen molar-refractivity contribution in [2.24, 2.45) is 5.84 Å². The van der Waals surface area contributed by atoms with Gasteiger partial charge in [-0.2, -0.15) is 0 Å². The average Bonchev–Trinajstić information content (AvgIpc) is 2.86. The molecule has 0 bridgehead atoms. The van der Waals surface area contributed by atoms with Gasteiger partial charge in [0.05, 0.1) is 5.01 Å². The van der Waals surface area contributed by atoms with Gasteiger partial charge in [0.15, 0.2) is 0 Å². The minimum Gasteiger partial charge on any atom is -0.369 e. The van der Waals surface area contributed by atoms with Crippen molar-refractivity contribution in [1.82, 2.24) is 15.0 Å². The number of nitrogens with two attached hydrogens (primary N) is 1. The van der Waals surface area contributed by atoms with Crippen LogP contribution in [0.25, 0.3) is 0 Å². The summed E-state index contributed by atoms with van der Waals surface area (Å²) in [5, 5.41) is 6.54. The molecule has 6 nitrogen and oxygen atoms in total. The van der Waals surface area contributed by atoms with Crippen molar-refractivity contribution < 1.29 is 0 Å².